The second kappa shape index (κ2) is 7.05. The third kappa shape index (κ3) is 4.05. The van der Waals surface area contributed by atoms with Gasteiger partial charge >= 0.3 is 0 Å². The number of carbonyl (C=O) groups excluding carboxylic acids is 1. The van der Waals surface area contributed by atoms with Crippen LogP contribution in [-0.4, -0.2) is 24.7 Å². The van der Waals surface area contributed by atoms with Gasteiger partial charge in [0.1, 0.15) is 6.10 Å². The van der Waals surface area contributed by atoms with Crippen LogP contribution in [0.25, 0.3) is 0 Å². The van der Waals surface area contributed by atoms with Crippen LogP contribution in [0.5, 0.6) is 0 Å². The van der Waals surface area contributed by atoms with E-state index in [9.17, 15) is 4.79 Å². The molecule has 0 aromatic heterocycles. The van der Waals surface area contributed by atoms with Crippen molar-refractivity contribution < 1.29 is 9.53 Å². The van der Waals surface area contributed by atoms with Crippen LogP contribution in [0, 0.1) is 0 Å². The topological polar surface area (TPSA) is 64.4 Å². The molecule has 1 aliphatic heterocycles. The van der Waals surface area contributed by atoms with Gasteiger partial charge in [-0.25, -0.2) is 0 Å². The minimum absolute atomic E-state index is 0.0146. The standard InChI is InChI=1S/C17H26N2O2/c1-11(2)13-4-6-14(7-5-13)12(3)19-17(20)16-9-8-15(10-18)21-16/h4-7,11-12,15-16H,8-10,18H2,1-3H3,(H,19,20)/t12?,15-,16+/m1/s1. The van der Waals surface area contributed by atoms with E-state index in [-0.39, 0.29) is 24.2 Å². The van der Waals surface area contributed by atoms with Crippen molar-refractivity contribution in [3.8, 4) is 0 Å². The summed E-state index contributed by atoms with van der Waals surface area (Å²) in [5, 5.41) is 3.03. The number of amides is 1. The van der Waals surface area contributed by atoms with Gasteiger partial charge in [-0.1, -0.05) is 38.1 Å². The van der Waals surface area contributed by atoms with Crippen molar-refractivity contribution in [2.24, 2.45) is 5.73 Å². The zero-order chi connectivity index (χ0) is 15.4. The first-order chi connectivity index (χ1) is 10.0. The molecular weight excluding hydrogens is 264 g/mol. The maximum Gasteiger partial charge on any atom is 0.249 e. The highest BCUT2D eigenvalue weighted by Gasteiger charge is 2.30. The third-order valence-corrected chi connectivity index (χ3v) is 4.12. The smallest absolute Gasteiger partial charge is 0.249 e. The molecular formula is C17H26N2O2. The van der Waals surface area contributed by atoms with Gasteiger partial charge in [0, 0.05) is 6.54 Å². The number of nitrogens with one attached hydrogen (secondary N) is 1. The molecule has 1 unspecified atom stereocenters. The maximum atomic E-state index is 12.2. The van der Waals surface area contributed by atoms with Crippen molar-refractivity contribution >= 4 is 5.91 Å². The molecule has 2 rings (SSSR count). The molecule has 4 nitrogen and oxygen atoms in total. The lowest BCUT2D eigenvalue weighted by molar-refractivity contribution is -0.132. The predicted molar refractivity (Wildman–Crippen MR) is 84.0 cm³/mol. The maximum absolute atomic E-state index is 12.2. The number of rotatable bonds is 5. The van der Waals surface area contributed by atoms with Crippen molar-refractivity contribution in [2.75, 3.05) is 6.54 Å². The van der Waals surface area contributed by atoms with Crippen LogP contribution >= 0.6 is 0 Å². The summed E-state index contributed by atoms with van der Waals surface area (Å²) in [7, 11) is 0. The Morgan fingerprint density at radius 3 is 2.38 bits per heavy atom. The van der Waals surface area contributed by atoms with Crippen molar-refractivity contribution in [3.05, 3.63) is 35.4 Å². The van der Waals surface area contributed by atoms with Crippen LogP contribution in [-0.2, 0) is 9.53 Å². The van der Waals surface area contributed by atoms with Gasteiger partial charge in [-0.3, -0.25) is 4.79 Å². The van der Waals surface area contributed by atoms with Gasteiger partial charge in [0.2, 0.25) is 5.91 Å². The molecule has 1 aromatic carbocycles. The van der Waals surface area contributed by atoms with E-state index in [0.29, 0.717) is 12.5 Å². The van der Waals surface area contributed by atoms with Crippen LogP contribution in [0.3, 0.4) is 0 Å². The van der Waals surface area contributed by atoms with Crippen LogP contribution in [0.1, 0.15) is 56.7 Å². The van der Waals surface area contributed by atoms with E-state index in [1.165, 1.54) is 5.56 Å². The van der Waals surface area contributed by atoms with Crippen molar-refractivity contribution in [3.63, 3.8) is 0 Å². The first-order valence-corrected chi connectivity index (χ1v) is 7.77. The largest absolute Gasteiger partial charge is 0.364 e. The molecule has 1 aliphatic rings. The van der Waals surface area contributed by atoms with Crippen molar-refractivity contribution in [2.45, 2.75) is 57.8 Å². The predicted octanol–water partition coefficient (Wildman–Crippen LogP) is 2.49. The van der Waals surface area contributed by atoms with Gasteiger partial charge in [-0.2, -0.15) is 0 Å². The summed E-state index contributed by atoms with van der Waals surface area (Å²) in [5.41, 5.74) is 7.99. The number of benzene rings is 1. The molecule has 1 aromatic rings. The van der Waals surface area contributed by atoms with Crippen molar-refractivity contribution in [1.82, 2.24) is 5.32 Å². The lowest BCUT2D eigenvalue weighted by atomic mass is 9.99. The van der Waals surface area contributed by atoms with Gasteiger partial charge in [0.15, 0.2) is 0 Å². The first-order valence-electron chi connectivity index (χ1n) is 7.77. The molecule has 0 spiro atoms. The fraction of sp³-hybridized carbons (Fsp3) is 0.588. The molecule has 1 fully saturated rings. The highest BCUT2D eigenvalue weighted by Crippen LogP contribution is 2.21. The number of hydrogen-bond acceptors (Lipinski definition) is 3. The Balaban J connectivity index is 1.91. The molecule has 0 aliphatic carbocycles. The minimum atomic E-state index is -0.351. The van der Waals surface area contributed by atoms with Crippen LogP contribution in [0.4, 0.5) is 0 Å². The Labute approximate surface area is 127 Å². The molecule has 0 radical (unpaired) electrons. The average molecular weight is 290 g/mol. The summed E-state index contributed by atoms with van der Waals surface area (Å²) in [6, 6.07) is 8.40. The van der Waals surface area contributed by atoms with E-state index in [4.69, 9.17) is 10.5 Å². The summed E-state index contributed by atoms with van der Waals surface area (Å²) in [6.07, 6.45) is 1.30. The Morgan fingerprint density at radius 1 is 1.24 bits per heavy atom. The zero-order valence-corrected chi connectivity index (χ0v) is 13.1. The number of hydrogen-bond donors (Lipinski definition) is 2. The lowest BCUT2D eigenvalue weighted by Gasteiger charge is -2.18. The van der Waals surface area contributed by atoms with Gasteiger partial charge in [-0.15, -0.1) is 0 Å². The molecule has 1 amide bonds. The van der Waals surface area contributed by atoms with Gasteiger partial charge in [0.05, 0.1) is 12.1 Å². The highest BCUT2D eigenvalue weighted by molar-refractivity contribution is 5.81. The van der Waals surface area contributed by atoms with Gasteiger partial charge < -0.3 is 15.8 Å². The van der Waals surface area contributed by atoms with E-state index in [0.717, 1.165) is 18.4 Å². The fourth-order valence-electron chi connectivity index (χ4n) is 2.63. The molecule has 1 heterocycles. The molecule has 21 heavy (non-hydrogen) atoms. The highest BCUT2D eigenvalue weighted by atomic mass is 16.5. The second-order valence-electron chi connectivity index (χ2n) is 6.11. The summed E-state index contributed by atoms with van der Waals surface area (Å²) < 4.78 is 5.62. The van der Waals surface area contributed by atoms with Crippen molar-refractivity contribution in [1.29, 1.82) is 0 Å². The zero-order valence-electron chi connectivity index (χ0n) is 13.1. The van der Waals surface area contributed by atoms with E-state index < -0.39 is 0 Å². The quantitative estimate of drug-likeness (QED) is 0.875. The van der Waals surface area contributed by atoms with Crippen LogP contribution < -0.4 is 11.1 Å². The molecule has 0 bridgehead atoms. The van der Waals surface area contributed by atoms with Crippen LogP contribution in [0.2, 0.25) is 0 Å². The Bertz CT molecular complexity index is 470. The van der Waals surface area contributed by atoms with Gasteiger partial charge in [0.25, 0.3) is 0 Å². The first kappa shape index (κ1) is 16.0. The molecule has 3 N–H and O–H groups in total. The SMILES string of the molecule is CC(C)c1ccc(C(C)NC(=O)[C@@H]2CC[C@H](CN)O2)cc1. The number of nitrogens with two attached hydrogens (primary N) is 1. The number of carbonyl (C=O) groups is 1. The second-order valence-corrected chi connectivity index (χ2v) is 6.11. The monoisotopic (exact) mass is 290 g/mol. The number of ether oxygens (including phenoxy) is 1. The van der Waals surface area contributed by atoms with E-state index in [2.05, 4.69) is 43.4 Å². The molecule has 1 saturated heterocycles. The normalized spacial score (nSPS) is 23.3. The average Bonchev–Trinajstić information content (AvgIpc) is 2.96. The molecule has 0 saturated carbocycles. The minimum Gasteiger partial charge on any atom is -0.364 e. The van der Waals surface area contributed by atoms with Crippen LogP contribution in [0.15, 0.2) is 24.3 Å². The molecule has 116 valence electrons. The molecule has 4 heteroatoms. The van der Waals surface area contributed by atoms with Gasteiger partial charge in [-0.05, 0) is 36.8 Å². The van der Waals surface area contributed by atoms with E-state index in [1.807, 2.05) is 6.92 Å². The fourth-order valence-corrected chi connectivity index (χ4v) is 2.63. The third-order valence-electron chi connectivity index (χ3n) is 4.12. The Kier molecular flexibility index (Phi) is 5.37. The summed E-state index contributed by atoms with van der Waals surface area (Å²) >= 11 is 0. The molecule has 3 atom stereocenters. The lowest BCUT2D eigenvalue weighted by Crippen LogP contribution is -2.37. The summed E-state index contributed by atoms with van der Waals surface area (Å²) in [4.78, 5) is 12.2. The summed E-state index contributed by atoms with van der Waals surface area (Å²) in [5.74, 6) is 0.482. The Hall–Kier alpha value is -1.39. The van der Waals surface area contributed by atoms with E-state index in [1.54, 1.807) is 0 Å². The summed E-state index contributed by atoms with van der Waals surface area (Å²) in [6.45, 7) is 6.82. The van der Waals surface area contributed by atoms with E-state index >= 15 is 0 Å². The Morgan fingerprint density at radius 2 is 1.86 bits per heavy atom.